The SMILES string of the molecule is CCCCC[CH2][Sn]([CH2]CCCCC)([CH2]CCCCC)[O][Sn]([CH2]CCCCC)([CH2]CCCCC)[CH2]CCCCC. The van der Waals surface area contributed by atoms with Crippen molar-refractivity contribution < 1.29 is 1.41 Å². The van der Waals surface area contributed by atoms with Gasteiger partial charge in [0.05, 0.1) is 0 Å². The molecule has 0 aliphatic rings. The second-order valence-corrected chi connectivity index (χ2v) is 39.9. The van der Waals surface area contributed by atoms with Crippen LogP contribution in [-0.2, 0) is 1.41 Å². The van der Waals surface area contributed by atoms with Gasteiger partial charge in [-0.05, 0) is 0 Å². The fourth-order valence-electron chi connectivity index (χ4n) is 6.76. The van der Waals surface area contributed by atoms with E-state index in [2.05, 4.69) is 41.5 Å². The number of hydrogen-bond acceptors (Lipinski definition) is 1. The van der Waals surface area contributed by atoms with Crippen LogP contribution in [-0.4, -0.2) is 37.6 Å². The van der Waals surface area contributed by atoms with Gasteiger partial charge in [-0.3, -0.25) is 0 Å². The van der Waals surface area contributed by atoms with Crippen molar-refractivity contribution in [2.45, 2.75) is 222 Å². The average Bonchev–Trinajstić information content (AvgIpc) is 2.94. The van der Waals surface area contributed by atoms with Gasteiger partial charge in [-0.1, -0.05) is 0 Å². The van der Waals surface area contributed by atoms with E-state index in [1.807, 2.05) is 0 Å². The van der Waals surface area contributed by atoms with E-state index in [1.54, 1.807) is 26.6 Å². The van der Waals surface area contributed by atoms with Gasteiger partial charge in [0.25, 0.3) is 0 Å². The zero-order chi connectivity index (χ0) is 28.9. The van der Waals surface area contributed by atoms with Crippen molar-refractivity contribution in [2.75, 3.05) is 0 Å². The van der Waals surface area contributed by atoms with Crippen LogP contribution in [0.15, 0.2) is 0 Å². The van der Waals surface area contributed by atoms with Crippen LogP contribution in [0.4, 0.5) is 0 Å². The fourth-order valence-corrected chi connectivity index (χ4v) is 60.0. The molecule has 0 spiro atoms. The summed E-state index contributed by atoms with van der Waals surface area (Å²) in [5.41, 5.74) is 0. The van der Waals surface area contributed by atoms with Crippen LogP contribution in [0.2, 0.25) is 26.6 Å². The molecular formula is C36H78OSn2. The van der Waals surface area contributed by atoms with Crippen molar-refractivity contribution in [3.05, 3.63) is 0 Å². The second-order valence-electron chi connectivity index (χ2n) is 13.3. The van der Waals surface area contributed by atoms with E-state index in [4.69, 9.17) is 1.41 Å². The summed E-state index contributed by atoms with van der Waals surface area (Å²) >= 11 is -5.34. The van der Waals surface area contributed by atoms with Crippen molar-refractivity contribution in [3.63, 3.8) is 0 Å². The minimum atomic E-state index is -2.67. The first-order valence-electron chi connectivity index (χ1n) is 18.8. The summed E-state index contributed by atoms with van der Waals surface area (Å²) in [6.07, 6.45) is 34.6. The summed E-state index contributed by atoms with van der Waals surface area (Å²) in [4.78, 5) is 0. The monoisotopic (exact) mass is 766 g/mol. The Hall–Kier alpha value is 1.56. The molecule has 0 N–H and O–H groups in total. The Kier molecular flexibility index (Phi) is 30.8. The van der Waals surface area contributed by atoms with Crippen LogP contribution >= 0.6 is 0 Å². The van der Waals surface area contributed by atoms with Gasteiger partial charge < -0.3 is 0 Å². The number of rotatable bonds is 32. The molecule has 1 nitrogen and oxygen atoms in total. The number of hydrogen-bond donors (Lipinski definition) is 0. The van der Waals surface area contributed by atoms with Crippen LogP contribution < -0.4 is 0 Å². The normalized spacial score (nSPS) is 12.5. The first kappa shape index (κ1) is 40.6. The molecule has 0 atom stereocenters. The summed E-state index contributed by atoms with van der Waals surface area (Å²) in [7, 11) is 0. The van der Waals surface area contributed by atoms with Gasteiger partial charge in [0.2, 0.25) is 0 Å². The van der Waals surface area contributed by atoms with E-state index in [-0.39, 0.29) is 0 Å². The molecule has 0 aromatic carbocycles. The molecule has 0 aliphatic heterocycles. The van der Waals surface area contributed by atoms with Crippen molar-refractivity contribution in [3.8, 4) is 0 Å². The van der Waals surface area contributed by atoms with Crippen molar-refractivity contribution in [2.24, 2.45) is 0 Å². The zero-order valence-electron chi connectivity index (χ0n) is 28.6. The molecule has 0 aliphatic carbocycles. The van der Waals surface area contributed by atoms with Crippen LogP contribution in [0.5, 0.6) is 0 Å². The fraction of sp³-hybridized carbons (Fsp3) is 1.00. The predicted molar refractivity (Wildman–Crippen MR) is 186 cm³/mol. The molecular weight excluding hydrogens is 686 g/mol. The first-order chi connectivity index (χ1) is 19.1. The molecule has 236 valence electrons. The van der Waals surface area contributed by atoms with E-state index in [0.29, 0.717) is 0 Å². The summed E-state index contributed by atoms with van der Waals surface area (Å²) in [5, 5.41) is 0. The standard InChI is InChI=1S/6C6H13.O.2Sn/c6*1-3-5-6-4-2;;;/h6*1,3-6H2,2H3;;;. The van der Waals surface area contributed by atoms with Crippen LogP contribution in [0.1, 0.15) is 196 Å². The van der Waals surface area contributed by atoms with Crippen LogP contribution in [0.25, 0.3) is 0 Å². The van der Waals surface area contributed by atoms with Gasteiger partial charge in [0, 0.05) is 0 Å². The molecule has 0 saturated carbocycles. The maximum absolute atomic E-state index is 8.33. The summed E-state index contributed by atoms with van der Waals surface area (Å²) in [5.74, 6) is 0. The maximum atomic E-state index is 8.33. The molecule has 0 amide bonds. The Morgan fingerprint density at radius 1 is 0.256 bits per heavy atom. The van der Waals surface area contributed by atoms with E-state index in [1.165, 1.54) is 154 Å². The van der Waals surface area contributed by atoms with Gasteiger partial charge in [-0.15, -0.1) is 0 Å². The molecule has 0 aromatic heterocycles. The minimum absolute atomic E-state index is 1.37. The molecule has 0 saturated heterocycles. The van der Waals surface area contributed by atoms with Crippen LogP contribution in [0.3, 0.4) is 0 Å². The Morgan fingerprint density at radius 2 is 0.436 bits per heavy atom. The Labute approximate surface area is 259 Å². The quantitative estimate of drug-likeness (QED) is 0.0490. The molecule has 3 heteroatoms. The number of unbranched alkanes of at least 4 members (excludes halogenated alkanes) is 18. The van der Waals surface area contributed by atoms with Gasteiger partial charge >= 0.3 is 261 Å². The third-order valence-electron chi connectivity index (χ3n) is 9.35. The summed E-state index contributed by atoms with van der Waals surface area (Å²) in [6, 6.07) is 0. The molecule has 0 bridgehead atoms. The summed E-state index contributed by atoms with van der Waals surface area (Å²) < 4.78 is 17.8. The zero-order valence-corrected chi connectivity index (χ0v) is 34.3. The Balaban J connectivity index is 6.10. The third kappa shape index (κ3) is 22.7. The molecule has 0 aromatic rings. The van der Waals surface area contributed by atoms with E-state index in [9.17, 15) is 0 Å². The average molecular weight is 764 g/mol. The molecule has 0 heterocycles. The molecule has 39 heavy (non-hydrogen) atoms. The van der Waals surface area contributed by atoms with Crippen molar-refractivity contribution in [1.82, 2.24) is 0 Å². The van der Waals surface area contributed by atoms with Gasteiger partial charge in [0.15, 0.2) is 0 Å². The molecule has 0 rings (SSSR count). The van der Waals surface area contributed by atoms with Crippen molar-refractivity contribution in [1.29, 1.82) is 0 Å². The molecule has 0 radical (unpaired) electrons. The van der Waals surface area contributed by atoms with Crippen molar-refractivity contribution >= 4 is 37.6 Å². The van der Waals surface area contributed by atoms with E-state index >= 15 is 0 Å². The first-order valence-corrected chi connectivity index (χ1v) is 33.2. The third-order valence-corrected chi connectivity index (χ3v) is 50.1. The van der Waals surface area contributed by atoms with Gasteiger partial charge in [-0.25, -0.2) is 0 Å². The Bertz CT molecular complexity index is 376. The van der Waals surface area contributed by atoms with Crippen LogP contribution in [0, 0.1) is 0 Å². The topological polar surface area (TPSA) is 9.23 Å². The Morgan fingerprint density at radius 3 is 0.590 bits per heavy atom. The van der Waals surface area contributed by atoms with E-state index in [0.717, 1.165) is 0 Å². The predicted octanol–water partition coefficient (Wildman–Crippen LogP) is 14.4. The second kappa shape index (κ2) is 29.6. The van der Waals surface area contributed by atoms with Gasteiger partial charge in [0.1, 0.15) is 0 Å². The summed E-state index contributed by atoms with van der Waals surface area (Å²) in [6.45, 7) is 14.3. The van der Waals surface area contributed by atoms with E-state index < -0.39 is 37.6 Å². The van der Waals surface area contributed by atoms with Gasteiger partial charge in [-0.2, -0.15) is 0 Å². The molecule has 0 fully saturated rings. The molecule has 0 unspecified atom stereocenters.